The molecule has 35 heavy (non-hydrogen) atoms. The number of carbonyl (C=O) groups is 3. The highest BCUT2D eigenvalue weighted by atomic mass is 16.5. The average Bonchev–Trinajstić information content (AvgIpc) is 3.65. The molecule has 5 rings (SSSR count). The summed E-state index contributed by atoms with van der Waals surface area (Å²) in [6.45, 7) is 1.62. The number of nitrogens with one attached hydrogen (secondary N) is 1. The van der Waals surface area contributed by atoms with Gasteiger partial charge in [0.1, 0.15) is 13.2 Å². The van der Waals surface area contributed by atoms with Crippen molar-refractivity contribution < 1.29 is 24.2 Å². The number of aliphatic carboxylic acids is 1. The van der Waals surface area contributed by atoms with Gasteiger partial charge in [0.2, 0.25) is 5.91 Å². The molecule has 0 radical (unpaired) electrons. The van der Waals surface area contributed by atoms with E-state index in [9.17, 15) is 14.4 Å². The third-order valence-corrected chi connectivity index (χ3v) is 7.23. The Morgan fingerprint density at radius 1 is 0.943 bits per heavy atom. The summed E-state index contributed by atoms with van der Waals surface area (Å²) in [5.41, 5.74) is 4.76. The number of benzene rings is 2. The fourth-order valence-electron chi connectivity index (χ4n) is 5.28. The zero-order valence-electron chi connectivity index (χ0n) is 19.7. The normalized spacial score (nSPS) is 17.9. The Labute approximate surface area is 204 Å². The van der Waals surface area contributed by atoms with Crippen molar-refractivity contribution in [2.24, 2.45) is 0 Å². The molecule has 184 valence electrons. The van der Waals surface area contributed by atoms with E-state index in [-0.39, 0.29) is 43.6 Å². The summed E-state index contributed by atoms with van der Waals surface area (Å²) in [5, 5.41) is 12.1. The highest BCUT2D eigenvalue weighted by Crippen LogP contribution is 2.44. The van der Waals surface area contributed by atoms with E-state index in [0.29, 0.717) is 13.1 Å². The number of alkyl carbamates (subject to hydrolysis) is 1. The van der Waals surface area contributed by atoms with E-state index in [1.165, 1.54) is 27.2 Å². The standard InChI is InChI=1S/C27H31N3O5/c31-25(30(16-26(32)33)19-9-10-19)15-29-13-11-18(12-14-29)28-27(34)35-17-24-22-7-3-1-5-20(22)21-6-2-4-8-23(21)24/h1-8,18-19,24H,9-17H2,(H,28,34)(H,32,33). The van der Waals surface area contributed by atoms with E-state index in [1.54, 1.807) is 0 Å². The van der Waals surface area contributed by atoms with Crippen molar-refractivity contribution in [3.63, 3.8) is 0 Å². The van der Waals surface area contributed by atoms with Crippen LogP contribution in [0.15, 0.2) is 48.5 Å². The van der Waals surface area contributed by atoms with Gasteiger partial charge in [-0.1, -0.05) is 48.5 Å². The predicted octanol–water partition coefficient (Wildman–Crippen LogP) is 3.07. The maximum absolute atomic E-state index is 12.6. The summed E-state index contributed by atoms with van der Waals surface area (Å²) in [7, 11) is 0. The number of fused-ring (bicyclic) bond motifs is 3. The lowest BCUT2D eigenvalue weighted by molar-refractivity contribution is -0.145. The Bertz CT molecular complexity index is 1060. The van der Waals surface area contributed by atoms with Crippen LogP contribution < -0.4 is 5.32 Å². The van der Waals surface area contributed by atoms with Gasteiger partial charge >= 0.3 is 12.1 Å². The molecular weight excluding hydrogens is 446 g/mol. The van der Waals surface area contributed by atoms with Gasteiger partial charge in [-0.2, -0.15) is 0 Å². The number of carbonyl (C=O) groups excluding carboxylic acids is 2. The van der Waals surface area contributed by atoms with Gasteiger partial charge in [0, 0.05) is 31.1 Å². The number of piperidine rings is 1. The minimum absolute atomic E-state index is 0.00411. The minimum Gasteiger partial charge on any atom is -0.480 e. The first-order valence-corrected chi connectivity index (χ1v) is 12.3. The highest BCUT2D eigenvalue weighted by Gasteiger charge is 2.35. The van der Waals surface area contributed by atoms with Crippen molar-refractivity contribution in [1.29, 1.82) is 0 Å². The molecule has 2 N–H and O–H groups in total. The summed E-state index contributed by atoms with van der Waals surface area (Å²) in [6.07, 6.45) is 2.79. The van der Waals surface area contributed by atoms with Gasteiger partial charge in [-0.3, -0.25) is 14.5 Å². The second-order valence-corrected chi connectivity index (χ2v) is 9.67. The van der Waals surface area contributed by atoms with Crippen LogP contribution in [-0.2, 0) is 14.3 Å². The zero-order chi connectivity index (χ0) is 24.4. The molecule has 0 atom stereocenters. The highest BCUT2D eigenvalue weighted by molar-refractivity contribution is 5.83. The molecule has 2 fully saturated rings. The molecular formula is C27H31N3O5. The number of carboxylic acid groups (broad SMARTS) is 1. The maximum Gasteiger partial charge on any atom is 0.407 e. The van der Waals surface area contributed by atoms with Crippen LogP contribution in [0, 0.1) is 0 Å². The first-order valence-electron chi connectivity index (χ1n) is 12.3. The third-order valence-electron chi connectivity index (χ3n) is 7.23. The van der Waals surface area contributed by atoms with E-state index < -0.39 is 12.1 Å². The molecule has 3 aliphatic rings. The maximum atomic E-state index is 12.6. The van der Waals surface area contributed by atoms with Gasteiger partial charge < -0.3 is 20.1 Å². The van der Waals surface area contributed by atoms with E-state index in [0.717, 1.165) is 25.7 Å². The van der Waals surface area contributed by atoms with Gasteiger partial charge in [-0.25, -0.2) is 4.79 Å². The summed E-state index contributed by atoms with van der Waals surface area (Å²) in [4.78, 5) is 39.8. The van der Waals surface area contributed by atoms with Crippen LogP contribution in [0.1, 0.15) is 42.7 Å². The zero-order valence-corrected chi connectivity index (χ0v) is 19.7. The lowest BCUT2D eigenvalue weighted by Gasteiger charge is -2.33. The van der Waals surface area contributed by atoms with Crippen molar-refractivity contribution in [3.05, 3.63) is 59.7 Å². The summed E-state index contributed by atoms with van der Waals surface area (Å²) >= 11 is 0. The molecule has 1 heterocycles. The first kappa shape index (κ1) is 23.4. The Morgan fingerprint density at radius 3 is 2.11 bits per heavy atom. The van der Waals surface area contributed by atoms with Crippen LogP contribution in [0.2, 0.25) is 0 Å². The minimum atomic E-state index is -0.976. The molecule has 1 saturated heterocycles. The monoisotopic (exact) mass is 477 g/mol. The molecule has 2 aromatic rings. The van der Waals surface area contributed by atoms with E-state index in [1.807, 2.05) is 29.2 Å². The van der Waals surface area contributed by atoms with Crippen LogP contribution in [0.5, 0.6) is 0 Å². The SMILES string of the molecule is O=C(O)CN(C(=O)CN1CCC(NC(=O)OCC2c3ccccc3-c3ccccc32)CC1)C1CC1. The number of carboxylic acids is 1. The smallest absolute Gasteiger partial charge is 0.407 e. The largest absolute Gasteiger partial charge is 0.480 e. The molecule has 1 saturated carbocycles. The van der Waals surface area contributed by atoms with Crippen molar-refractivity contribution >= 4 is 18.0 Å². The van der Waals surface area contributed by atoms with Crippen LogP contribution >= 0.6 is 0 Å². The van der Waals surface area contributed by atoms with Gasteiger partial charge in [0.15, 0.2) is 0 Å². The number of likely N-dealkylation sites (tertiary alicyclic amines) is 1. The fourth-order valence-corrected chi connectivity index (χ4v) is 5.28. The Kier molecular flexibility index (Phi) is 6.72. The lowest BCUT2D eigenvalue weighted by Crippen LogP contribution is -2.49. The number of amides is 2. The number of nitrogens with zero attached hydrogens (tertiary/aromatic N) is 2. The average molecular weight is 478 g/mol. The number of rotatable bonds is 8. The van der Waals surface area contributed by atoms with Crippen LogP contribution in [0.4, 0.5) is 4.79 Å². The Balaban J connectivity index is 1.08. The van der Waals surface area contributed by atoms with Crippen LogP contribution in [0.25, 0.3) is 11.1 Å². The van der Waals surface area contributed by atoms with Crippen molar-refractivity contribution in [2.45, 2.75) is 43.7 Å². The molecule has 1 aliphatic heterocycles. The third kappa shape index (κ3) is 5.32. The van der Waals surface area contributed by atoms with Crippen LogP contribution in [0.3, 0.4) is 0 Å². The van der Waals surface area contributed by atoms with Crippen molar-refractivity contribution in [1.82, 2.24) is 15.1 Å². The van der Waals surface area contributed by atoms with Crippen molar-refractivity contribution in [3.8, 4) is 11.1 Å². The molecule has 0 aromatic heterocycles. The molecule has 2 aliphatic carbocycles. The topological polar surface area (TPSA) is 99.2 Å². The molecule has 8 nitrogen and oxygen atoms in total. The number of hydrogen-bond acceptors (Lipinski definition) is 5. The Morgan fingerprint density at radius 2 is 1.54 bits per heavy atom. The quantitative estimate of drug-likeness (QED) is 0.606. The van der Waals surface area contributed by atoms with Gasteiger partial charge in [-0.05, 0) is 47.9 Å². The molecule has 0 spiro atoms. The Hall–Kier alpha value is -3.39. The summed E-state index contributed by atoms with van der Waals surface area (Å²) < 4.78 is 5.66. The molecule has 2 aromatic carbocycles. The second-order valence-electron chi connectivity index (χ2n) is 9.67. The predicted molar refractivity (Wildman–Crippen MR) is 130 cm³/mol. The fraction of sp³-hybridized carbons (Fsp3) is 0.444. The van der Waals surface area contributed by atoms with E-state index in [2.05, 4.69) is 29.6 Å². The summed E-state index contributed by atoms with van der Waals surface area (Å²) in [6, 6.07) is 16.6. The molecule has 0 bridgehead atoms. The number of ether oxygens (including phenoxy) is 1. The molecule has 8 heteroatoms. The first-order chi connectivity index (χ1) is 17.0. The van der Waals surface area contributed by atoms with Crippen LogP contribution in [-0.4, -0.2) is 77.7 Å². The van der Waals surface area contributed by atoms with Gasteiger partial charge in [0.05, 0.1) is 6.54 Å². The molecule has 2 amide bonds. The second kappa shape index (κ2) is 10.1. The van der Waals surface area contributed by atoms with E-state index in [4.69, 9.17) is 9.84 Å². The lowest BCUT2D eigenvalue weighted by atomic mass is 9.98. The van der Waals surface area contributed by atoms with Crippen molar-refractivity contribution in [2.75, 3.05) is 32.8 Å². The van der Waals surface area contributed by atoms with Gasteiger partial charge in [0.25, 0.3) is 0 Å². The summed E-state index contributed by atoms with van der Waals surface area (Å²) in [5.74, 6) is -1.07. The van der Waals surface area contributed by atoms with E-state index >= 15 is 0 Å². The number of hydrogen-bond donors (Lipinski definition) is 2. The molecule has 0 unspecified atom stereocenters. The van der Waals surface area contributed by atoms with Gasteiger partial charge in [-0.15, -0.1) is 0 Å².